The van der Waals surface area contributed by atoms with Crippen LogP contribution in [0.3, 0.4) is 0 Å². The summed E-state index contributed by atoms with van der Waals surface area (Å²) >= 11 is 0. The Morgan fingerprint density at radius 1 is 1.14 bits per heavy atom. The fourth-order valence-corrected chi connectivity index (χ4v) is 4.20. The third-order valence-electron chi connectivity index (χ3n) is 5.97. The van der Waals surface area contributed by atoms with Crippen molar-refractivity contribution in [1.82, 2.24) is 25.2 Å². The van der Waals surface area contributed by atoms with Crippen molar-refractivity contribution in [2.45, 2.75) is 51.3 Å². The molecule has 0 radical (unpaired) electrons. The van der Waals surface area contributed by atoms with E-state index < -0.39 is 17.7 Å². The van der Waals surface area contributed by atoms with Crippen LogP contribution in [-0.2, 0) is 11.3 Å². The first-order valence-electron chi connectivity index (χ1n) is 12.3. The second kappa shape index (κ2) is 11.4. The zero-order valence-electron chi connectivity index (χ0n) is 21.3. The van der Waals surface area contributed by atoms with Gasteiger partial charge in [-0.2, -0.15) is 0 Å². The standard InChI is InChI=1S/C27H32FN5O4/c1-27(2,3)37-26(35)30-23(17-33-15-13-29-31-33)18-36-24-10-6-20(7-11-24)25(34)32-14-12-21(16-32)19-4-8-22(28)9-5-19/h4-11,13,15,21,23H,12,14,16-18H2,1-3H3,(H,30,35)/t21-,23+/m0/s1. The van der Waals surface area contributed by atoms with Crippen molar-refractivity contribution in [2.75, 3.05) is 19.7 Å². The number of amides is 2. The molecule has 37 heavy (non-hydrogen) atoms. The molecule has 9 nitrogen and oxygen atoms in total. The number of aromatic nitrogens is 3. The molecule has 1 fully saturated rings. The predicted molar refractivity (Wildman–Crippen MR) is 135 cm³/mol. The Morgan fingerprint density at radius 3 is 2.51 bits per heavy atom. The number of likely N-dealkylation sites (tertiary alicyclic amines) is 1. The summed E-state index contributed by atoms with van der Waals surface area (Å²) in [7, 11) is 0. The van der Waals surface area contributed by atoms with E-state index in [1.807, 2.05) is 4.90 Å². The summed E-state index contributed by atoms with van der Waals surface area (Å²) in [5.74, 6) is 0.456. The molecule has 4 rings (SSSR count). The average molecular weight is 510 g/mol. The molecule has 196 valence electrons. The van der Waals surface area contributed by atoms with Gasteiger partial charge in [-0.1, -0.05) is 17.3 Å². The average Bonchev–Trinajstić information content (AvgIpc) is 3.54. The van der Waals surface area contributed by atoms with E-state index in [1.54, 1.807) is 74.2 Å². The van der Waals surface area contributed by atoms with Crippen LogP contribution in [0.5, 0.6) is 5.75 Å². The van der Waals surface area contributed by atoms with Gasteiger partial charge in [0.25, 0.3) is 5.91 Å². The molecular formula is C27H32FN5O4. The Kier molecular flexibility index (Phi) is 8.05. The number of nitrogens with zero attached hydrogens (tertiary/aromatic N) is 4. The van der Waals surface area contributed by atoms with Crippen molar-refractivity contribution >= 4 is 12.0 Å². The Morgan fingerprint density at radius 2 is 1.86 bits per heavy atom. The molecule has 0 spiro atoms. The highest BCUT2D eigenvalue weighted by Crippen LogP contribution is 2.28. The van der Waals surface area contributed by atoms with Crippen molar-refractivity contribution in [1.29, 1.82) is 0 Å². The number of rotatable bonds is 8. The Bertz CT molecular complexity index is 1180. The van der Waals surface area contributed by atoms with E-state index in [9.17, 15) is 14.0 Å². The van der Waals surface area contributed by atoms with Crippen molar-refractivity contribution in [3.8, 4) is 5.75 Å². The van der Waals surface area contributed by atoms with E-state index in [-0.39, 0.29) is 24.2 Å². The minimum Gasteiger partial charge on any atom is -0.491 e. The highest BCUT2D eigenvalue weighted by molar-refractivity contribution is 5.94. The Balaban J connectivity index is 1.33. The van der Waals surface area contributed by atoms with Crippen LogP contribution < -0.4 is 10.1 Å². The zero-order valence-corrected chi connectivity index (χ0v) is 21.3. The molecule has 2 atom stereocenters. The van der Waals surface area contributed by atoms with Crippen molar-refractivity contribution in [3.05, 3.63) is 77.9 Å². The summed E-state index contributed by atoms with van der Waals surface area (Å²) in [5, 5.41) is 10.6. The molecule has 2 amide bonds. The molecule has 1 saturated heterocycles. The van der Waals surface area contributed by atoms with Gasteiger partial charge in [-0.3, -0.25) is 9.48 Å². The molecule has 10 heteroatoms. The summed E-state index contributed by atoms with van der Waals surface area (Å²) in [6.45, 7) is 7.15. The molecule has 1 aliphatic rings. The molecule has 2 heterocycles. The maximum Gasteiger partial charge on any atom is 0.408 e. The molecule has 1 N–H and O–H groups in total. The molecule has 0 bridgehead atoms. The number of ether oxygens (including phenoxy) is 2. The fourth-order valence-electron chi connectivity index (χ4n) is 4.20. The lowest BCUT2D eigenvalue weighted by Crippen LogP contribution is -2.44. The van der Waals surface area contributed by atoms with Gasteiger partial charge in [0.2, 0.25) is 0 Å². The van der Waals surface area contributed by atoms with Gasteiger partial charge >= 0.3 is 6.09 Å². The quantitative estimate of drug-likeness (QED) is 0.493. The molecule has 0 saturated carbocycles. The van der Waals surface area contributed by atoms with E-state index in [2.05, 4.69) is 15.6 Å². The first kappa shape index (κ1) is 26.1. The van der Waals surface area contributed by atoms with Gasteiger partial charge in [-0.25, -0.2) is 9.18 Å². The summed E-state index contributed by atoms with van der Waals surface area (Å²) < 4.78 is 26.1. The van der Waals surface area contributed by atoms with Crippen LogP contribution in [-0.4, -0.2) is 63.2 Å². The molecule has 3 aromatic rings. The smallest absolute Gasteiger partial charge is 0.408 e. The number of benzene rings is 2. The third kappa shape index (κ3) is 7.52. The lowest BCUT2D eigenvalue weighted by atomic mass is 9.99. The number of hydrogen-bond acceptors (Lipinski definition) is 6. The van der Waals surface area contributed by atoms with Crippen molar-refractivity contribution in [3.63, 3.8) is 0 Å². The van der Waals surface area contributed by atoms with Crippen LogP contribution in [0.4, 0.5) is 9.18 Å². The molecule has 0 unspecified atom stereocenters. The first-order chi connectivity index (χ1) is 17.7. The van der Waals surface area contributed by atoms with Crippen molar-refractivity contribution in [2.24, 2.45) is 0 Å². The van der Waals surface area contributed by atoms with Crippen LogP contribution >= 0.6 is 0 Å². The van der Waals surface area contributed by atoms with E-state index >= 15 is 0 Å². The van der Waals surface area contributed by atoms with E-state index in [4.69, 9.17) is 9.47 Å². The molecule has 1 aromatic heterocycles. The zero-order chi connectivity index (χ0) is 26.4. The normalized spacial score (nSPS) is 16.3. The molecule has 2 aromatic carbocycles. The lowest BCUT2D eigenvalue weighted by Gasteiger charge is -2.23. The Hall–Kier alpha value is -3.95. The van der Waals surface area contributed by atoms with Gasteiger partial charge in [0, 0.05) is 30.8 Å². The van der Waals surface area contributed by atoms with Gasteiger partial charge < -0.3 is 19.7 Å². The van der Waals surface area contributed by atoms with Gasteiger partial charge in [-0.05, 0) is 69.2 Å². The summed E-state index contributed by atoms with van der Waals surface area (Å²) in [4.78, 5) is 27.1. The van der Waals surface area contributed by atoms with Gasteiger partial charge in [0.15, 0.2) is 0 Å². The maximum absolute atomic E-state index is 13.2. The lowest BCUT2D eigenvalue weighted by molar-refractivity contribution is 0.0479. The number of alkyl carbamates (subject to hydrolysis) is 1. The number of carbonyl (C=O) groups is 2. The summed E-state index contributed by atoms with van der Waals surface area (Å²) in [5.41, 5.74) is 0.985. The summed E-state index contributed by atoms with van der Waals surface area (Å²) in [6, 6.07) is 13.0. The highest BCUT2D eigenvalue weighted by atomic mass is 19.1. The fraction of sp³-hybridized carbons (Fsp3) is 0.407. The number of halogens is 1. The third-order valence-corrected chi connectivity index (χ3v) is 5.97. The minimum absolute atomic E-state index is 0.0492. The van der Waals surface area contributed by atoms with Crippen molar-refractivity contribution < 1.29 is 23.5 Å². The molecule has 0 aliphatic carbocycles. The SMILES string of the molecule is CC(C)(C)OC(=O)N[C@@H](COc1ccc(C(=O)N2CC[C@H](c3ccc(F)cc3)C2)cc1)Cn1ccnn1. The highest BCUT2D eigenvalue weighted by Gasteiger charge is 2.28. The van der Waals surface area contributed by atoms with Crippen LogP contribution in [0.2, 0.25) is 0 Å². The number of carbonyl (C=O) groups excluding carboxylic acids is 2. The Labute approximate surface area is 215 Å². The van der Waals surface area contributed by atoms with Crippen LogP contribution in [0.25, 0.3) is 0 Å². The van der Waals surface area contributed by atoms with Crippen LogP contribution in [0, 0.1) is 5.82 Å². The van der Waals surface area contributed by atoms with E-state index in [1.165, 1.54) is 12.1 Å². The van der Waals surface area contributed by atoms with Gasteiger partial charge in [0.05, 0.1) is 18.8 Å². The largest absolute Gasteiger partial charge is 0.491 e. The number of hydrogen-bond donors (Lipinski definition) is 1. The predicted octanol–water partition coefficient (Wildman–Crippen LogP) is 4.02. The number of nitrogens with one attached hydrogen (secondary N) is 1. The second-order valence-corrected chi connectivity index (χ2v) is 10.1. The second-order valence-electron chi connectivity index (χ2n) is 10.1. The first-order valence-corrected chi connectivity index (χ1v) is 12.3. The van der Waals surface area contributed by atoms with Crippen LogP contribution in [0.15, 0.2) is 60.9 Å². The van der Waals surface area contributed by atoms with Gasteiger partial charge in [0.1, 0.15) is 23.8 Å². The van der Waals surface area contributed by atoms with Gasteiger partial charge in [-0.15, -0.1) is 5.10 Å². The molecule has 1 aliphatic heterocycles. The monoisotopic (exact) mass is 509 g/mol. The van der Waals surface area contributed by atoms with Crippen LogP contribution in [0.1, 0.15) is 49.0 Å². The maximum atomic E-state index is 13.2. The minimum atomic E-state index is -0.626. The van der Waals surface area contributed by atoms with E-state index in [0.29, 0.717) is 30.9 Å². The summed E-state index contributed by atoms with van der Waals surface area (Å²) in [6.07, 6.45) is 3.55. The topological polar surface area (TPSA) is 98.6 Å². The van der Waals surface area contributed by atoms with E-state index in [0.717, 1.165) is 12.0 Å². The molecular weight excluding hydrogens is 477 g/mol.